The van der Waals surface area contributed by atoms with Gasteiger partial charge in [-0.15, -0.1) is 11.3 Å². The maximum atomic E-state index is 13.4. The van der Waals surface area contributed by atoms with E-state index >= 15 is 0 Å². The first-order valence-corrected chi connectivity index (χ1v) is 9.55. The molecule has 4 rings (SSSR count). The third-order valence-corrected chi connectivity index (χ3v) is 5.40. The van der Waals surface area contributed by atoms with Crippen LogP contribution in [-0.4, -0.2) is 14.5 Å². The summed E-state index contributed by atoms with van der Waals surface area (Å²) in [6, 6.07) is 12.3. The molecular formula is C20H14F3N3O2S. The molecule has 148 valence electrons. The molecule has 5 nitrogen and oxygen atoms in total. The van der Waals surface area contributed by atoms with Crippen LogP contribution in [0.4, 0.5) is 13.2 Å². The number of pyridine rings is 1. The average Bonchev–Trinajstić information content (AvgIpc) is 3.13. The van der Waals surface area contributed by atoms with Gasteiger partial charge in [0.1, 0.15) is 10.7 Å². The van der Waals surface area contributed by atoms with Gasteiger partial charge in [-0.05, 0) is 24.1 Å². The second kappa shape index (κ2) is 7.32. The number of alkyl halides is 3. The number of aryl methyl sites for hydroxylation is 1. The van der Waals surface area contributed by atoms with Gasteiger partial charge >= 0.3 is 6.18 Å². The molecule has 1 N–H and O–H groups in total. The van der Waals surface area contributed by atoms with Crippen LogP contribution in [0.2, 0.25) is 0 Å². The number of nitrogens with one attached hydrogen (secondary N) is 1. The predicted molar refractivity (Wildman–Crippen MR) is 105 cm³/mol. The van der Waals surface area contributed by atoms with E-state index in [0.29, 0.717) is 6.42 Å². The largest absolute Gasteiger partial charge is 0.418 e. The normalized spacial score (nSPS) is 11.8. The van der Waals surface area contributed by atoms with Crippen LogP contribution in [0.25, 0.3) is 21.6 Å². The summed E-state index contributed by atoms with van der Waals surface area (Å²) >= 11 is 0.736. The van der Waals surface area contributed by atoms with Gasteiger partial charge < -0.3 is 4.98 Å². The van der Waals surface area contributed by atoms with E-state index in [4.69, 9.17) is 0 Å². The number of hydrogen-bond donors (Lipinski definition) is 1. The Morgan fingerprint density at radius 3 is 2.52 bits per heavy atom. The molecule has 3 heterocycles. The number of hydrogen-bond acceptors (Lipinski definition) is 4. The number of nitrogens with zero attached hydrogens (tertiary/aromatic N) is 2. The smallest absolute Gasteiger partial charge is 0.328 e. The molecule has 1 aromatic carbocycles. The second-order valence-electron chi connectivity index (χ2n) is 6.37. The highest BCUT2D eigenvalue weighted by atomic mass is 32.1. The van der Waals surface area contributed by atoms with Crippen molar-refractivity contribution in [3.63, 3.8) is 0 Å². The van der Waals surface area contributed by atoms with E-state index in [-0.39, 0.29) is 22.8 Å². The van der Waals surface area contributed by atoms with Gasteiger partial charge in [0, 0.05) is 18.1 Å². The number of aromatic nitrogens is 3. The van der Waals surface area contributed by atoms with E-state index in [1.807, 2.05) is 30.3 Å². The number of benzene rings is 1. The number of H-pyrrole nitrogens is 1. The summed E-state index contributed by atoms with van der Waals surface area (Å²) in [5.41, 5.74) is -1.25. The van der Waals surface area contributed by atoms with Crippen LogP contribution in [0.5, 0.6) is 0 Å². The molecule has 0 aliphatic carbocycles. The summed E-state index contributed by atoms with van der Waals surface area (Å²) in [4.78, 5) is 32.1. The van der Waals surface area contributed by atoms with Crippen LogP contribution >= 0.6 is 11.3 Å². The molecule has 29 heavy (non-hydrogen) atoms. The summed E-state index contributed by atoms with van der Waals surface area (Å²) in [5, 5.41) is 0.422. The quantitative estimate of drug-likeness (QED) is 0.544. The number of rotatable bonds is 4. The molecule has 0 saturated carbocycles. The Morgan fingerprint density at radius 2 is 1.83 bits per heavy atom. The Bertz CT molecular complexity index is 1290. The molecule has 0 fully saturated rings. The van der Waals surface area contributed by atoms with Gasteiger partial charge in [0.25, 0.3) is 11.1 Å². The van der Waals surface area contributed by atoms with Crippen LogP contribution in [-0.2, 0) is 19.1 Å². The minimum absolute atomic E-state index is 0.0449. The molecular weight excluding hydrogens is 403 g/mol. The lowest BCUT2D eigenvalue weighted by Gasteiger charge is -2.13. The van der Waals surface area contributed by atoms with Crippen molar-refractivity contribution < 1.29 is 13.2 Å². The van der Waals surface area contributed by atoms with Crippen LogP contribution in [0, 0.1) is 0 Å². The fraction of sp³-hybridized carbons (Fsp3) is 0.150. The average molecular weight is 417 g/mol. The molecule has 0 aliphatic heterocycles. The molecule has 0 atom stereocenters. The monoisotopic (exact) mass is 417 g/mol. The van der Waals surface area contributed by atoms with Crippen molar-refractivity contribution in [2.75, 3.05) is 0 Å². The minimum atomic E-state index is -4.66. The van der Waals surface area contributed by atoms with Gasteiger partial charge in [-0.25, -0.2) is 4.98 Å². The lowest BCUT2D eigenvalue weighted by atomic mass is 10.1. The Kier molecular flexibility index (Phi) is 4.83. The van der Waals surface area contributed by atoms with Crippen LogP contribution < -0.4 is 11.1 Å². The fourth-order valence-electron chi connectivity index (χ4n) is 3.13. The summed E-state index contributed by atoms with van der Waals surface area (Å²) in [6.45, 7) is 0.0859. The molecule has 0 radical (unpaired) electrons. The maximum Gasteiger partial charge on any atom is 0.418 e. The molecule has 4 aromatic rings. The van der Waals surface area contributed by atoms with Crippen molar-refractivity contribution in [1.29, 1.82) is 0 Å². The SMILES string of the molecule is O=c1[nH]cccc1-c1nc2scc(C(F)(F)F)c2c(=O)n1CCc1ccccc1. The lowest BCUT2D eigenvalue weighted by molar-refractivity contribution is -0.136. The highest BCUT2D eigenvalue weighted by molar-refractivity contribution is 7.16. The first-order valence-electron chi connectivity index (χ1n) is 8.67. The zero-order chi connectivity index (χ0) is 20.6. The van der Waals surface area contributed by atoms with Crippen LogP contribution in [0.3, 0.4) is 0 Å². The van der Waals surface area contributed by atoms with E-state index in [9.17, 15) is 22.8 Å². The van der Waals surface area contributed by atoms with Gasteiger partial charge in [-0.1, -0.05) is 30.3 Å². The number of halogens is 3. The molecule has 0 bridgehead atoms. The fourth-order valence-corrected chi connectivity index (χ4v) is 4.06. The zero-order valence-corrected chi connectivity index (χ0v) is 15.7. The molecule has 0 spiro atoms. The van der Waals surface area contributed by atoms with Crippen LogP contribution in [0.15, 0.2) is 63.6 Å². The van der Waals surface area contributed by atoms with Gasteiger partial charge in [0.15, 0.2) is 0 Å². The number of thiophene rings is 1. The van der Waals surface area contributed by atoms with Crippen molar-refractivity contribution in [3.8, 4) is 11.4 Å². The van der Waals surface area contributed by atoms with Gasteiger partial charge in [-0.3, -0.25) is 14.2 Å². The highest BCUT2D eigenvalue weighted by Crippen LogP contribution is 2.36. The Balaban J connectivity index is 1.94. The minimum Gasteiger partial charge on any atom is -0.328 e. The summed E-state index contributed by atoms with van der Waals surface area (Å²) < 4.78 is 41.3. The van der Waals surface area contributed by atoms with Crippen LogP contribution in [0.1, 0.15) is 11.1 Å². The third-order valence-electron chi connectivity index (χ3n) is 4.53. The molecule has 9 heteroatoms. The van der Waals surface area contributed by atoms with Gasteiger partial charge in [0.05, 0.1) is 16.5 Å². The van der Waals surface area contributed by atoms with E-state index < -0.39 is 28.2 Å². The Morgan fingerprint density at radius 1 is 1.07 bits per heavy atom. The van der Waals surface area contributed by atoms with Gasteiger partial charge in [0.2, 0.25) is 0 Å². The standard InChI is InChI=1S/C20H14F3N3O2S/c21-20(22,23)14-11-29-18-15(14)19(28)26(10-8-12-5-2-1-3-6-12)16(25-18)13-7-4-9-24-17(13)27/h1-7,9,11H,8,10H2,(H,24,27). The predicted octanol–water partition coefficient (Wildman–Crippen LogP) is 4.07. The van der Waals surface area contributed by atoms with Crippen molar-refractivity contribution in [3.05, 3.63) is 85.9 Å². The summed E-state index contributed by atoms with van der Waals surface area (Å²) in [6.07, 6.45) is -2.83. The summed E-state index contributed by atoms with van der Waals surface area (Å²) in [7, 11) is 0. The van der Waals surface area contributed by atoms with E-state index in [0.717, 1.165) is 26.8 Å². The van der Waals surface area contributed by atoms with Crippen molar-refractivity contribution in [2.45, 2.75) is 19.1 Å². The molecule has 0 amide bonds. The number of fused-ring (bicyclic) bond motifs is 1. The second-order valence-corrected chi connectivity index (χ2v) is 7.23. The molecule has 0 unspecified atom stereocenters. The molecule has 0 saturated heterocycles. The first-order chi connectivity index (χ1) is 13.9. The molecule has 3 aromatic heterocycles. The third kappa shape index (κ3) is 3.61. The first kappa shape index (κ1) is 19.1. The van der Waals surface area contributed by atoms with Crippen molar-refractivity contribution >= 4 is 21.6 Å². The van der Waals surface area contributed by atoms with E-state index in [1.165, 1.54) is 12.3 Å². The maximum absolute atomic E-state index is 13.4. The molecule has 0 aliphatic rings. The Hall–Kier alpha value is -3.20. The van der Waals surface area contributed by atoms with Crippen molar-refractivity contribution in [2.24, 2.45) is 0 Å². The zero-order valence-electron chi connectivity index (χ0n) is 14.9. The van der Waals surface area contributed by atoms with Gasteiger partial charge in [-0.2, -0.15) is 13.2 Å². The van der Waals surface area contributed by atoms with E-state index in [2.05, 4.69) is 9.97 Å². The van der Waals surface area contributed by atoms with Crippen molar-refractivity contribution in [1.82, 2.24) is 14.5 Å². The topological polar surface area (TPSA) is 67.8 Å². The lowest BCUT2D eigenvalue weighted by Crippen LogP contribution is -2.27. The highest BCUT2D eigenvalue weighted by Gasteiger charge is 2.36. The van der Waals surface area contributed by atoms with E-state index in [1.54, 1.807) is 6.07 Å². The summed E-state index contributed by atoms with van der Waals surface area (Å²) in [5.74, 6) is 0.0517. The number of aromatic amines is 1. The Labute approximate surface area is 166 Å².